The molecule has 24 heavy (non-hydrogen) atoms. The number of hydrogen-bond donors (Lipinski definition) is 1. The molecule has 0 aliphatic heterocycles. The first kappa shape index (κ1) is 16.1. The molecule has 1 aromatic carbocycles. The molecule has 2 atom stereocenters. The van der Waals surface area contributed by atoms with E-state index in [1.165, 1.54) is 24.2 Å². The minimum absolute atomic E-state index is 0.0416. The van der Waals surface area contributed by atoms with Gasteiger partial charge in [0.2, 0.25) is 0 Å². The third kappa shape index (κ3) is 3.59. The summed E-state index contributed by atoms with van der Waals surface area (Å²) in [6.45, 7) is 1.55. The number of nitrogens with one attached hydrogen (secondary N) is 1. The number of aromatic nitrogens is 2. The number of esters is 1. The Morgan fingerprint density at radius 2 is 2.12 bits per heavy atom. The van der Waals surface area contributed by atoms with Crippen LogP contribution in [0.4, 0.5) is 0 Å². The van der Waals surface area contributed by atoms with Crippen LogP contribution in [0.25, 0.3) is 0 Å². The molecule has 3 rings (SSSR count). The van der Waals surface area contributed by atoms with Crippen LogP contribution in [0, 0.1) is 0 Å². The molecule has 6 nitrogen and oxygen atoms in total. The number of fused-ring (bicyclic) bond motifs is 1. The summed E-state index contributed by atoms with van der Waals surface area (Å²) in [7, 11) is 0. The zero-order valence-electron chi connectivity index (χ0n) is 13.4. The standard InChI is InChI=1S/C18H19N3O3/c1-12(24-18(23)16-11-19-9-10-20-16)17(22)21-15-8-4-6-13-5-2-3-7-14(13)15/h2-3,5,7,9-12,15H,4,6,8H2,1H3,(H,21,22)/t12-,15-/m0/s1. The molecule has 1 N–H and O–H groups in total. The van der Waals surface area contributed by atoms with E-state index in [2.05, 4.69) is 21.4 Å². The van der Waals surface area contributed by atoms with E-state index in [-0.39, 0.29) is 17.6 Å². The number of carbonyl (C=O) groups is 2. The molecule has 0 bridgehead atoms. The number of hydrogen-bond acceptors (Lipinski definition) is 5. The highest BCUT2D eigenvalue weighted by atomic mass is 16.5. The highest BCUT2D eigenvalue weighted by Crippen LogP contribution is 2.29. The molecular formula is C18H19N3O3. The minimum atomic E-state index is -0.895. The zero-order chi connectivity index (χ0) is 16.9. The van der Waals surface area contributed by atoms with E-state index in [1.807, 2.05) is 18.2 Å². The molecule has 0 unspecified atom stereocenters. The maximum absolute atomic E-state index is 12.4. The summed E-state index contributed by atoms with van der Waals surface area (Å²) >= 11 is 0. The summed E-state index contributed by atoms with van der Waals surface area (Å²) in [5, 5.41) is 2.98. The molecule has 0 radical (unpaired) electrons. The molecule has 6 heteroatoms. The van der Waals surface area contributed by atoms with Crippen LogP contribution >= 0.6 is 0 Å². The SMILES string of the molecule is C[C@H](OC(=O)c1cnccn1)C(=O)N[C@H]1CCCc2ccccc21. The number of amides is 1. The van der Waals surface area contributed by atoms with Crippen molar-refractivity contribution in [3.8, 4) is 0 Å². The summed E-state index contributed by atoms with van der Waals surface area (Å²) in [4.78, 5) is 32.0. The largest absolute Gasteiger partial charge is 0.448 e. The second kappa shape index (κ2) is 7.21. The van der Waals surface area contributed by atoms with Gasteiger partial charge in [-0.3, -0.25) is 9.78 Å². The lowest BCUT2D eigenvalue weighted by Crippen LogP contribution is -2.39. The Labute approximate surface area is 140 Å². The lowest BCUT2D eigenvalue weighted by atomic mass is 9.87. The number of rotatable bonds is 4. The first-order valence-corrected chi connectivity index (χ1v) is 8.00. The van der Waals surface area contributed by atoms with E-state index >= 15 is 0 Å². The number of nitrogens with zero attached hydrogens (tertiary/aromatic N) is 2. The van der Waals surface area contributed by atoms with E-state index in [4.69, 9.17) is 4.74 Å². The molecule has 0 saturated carbocycles. The Kier molecular flexibility index (Phi) is 4.84. The highest BCUT2D eigenvalue weighted by Gasteiger charge is 2.25. The summed E-state index contributed by atoms with van der Waals surface area (Å²) in [5.41, 5.74) is 2.49. The van der Waals surface area contributed by atoms with Crippen molar-refractivity contribution in [2.75, 3.05) is 0 Å². The lowest BCUT2D eigenvalue weighted by Gasteiger charge is -2.27. The third-order valence-electron chi connectivity index (χ3n) is 4.11. The third-order valence-corrected chi connectivity index (χ3v) is 4.11. The van der Waals surface area contributed by atoms with E-state index in [0.29, 0.717) is 0 Å². The normalized spacial score (nSPS) is 17.5. The van der Waals surface area contributed by atoms with Crippen molar-refractivity contribution < 1.29 is 14.3 Å². The predicted octanol–water partition coefficient (Wildman–Crippen LogP) is 2.22. The molecule has 0 fully saturated rings. The van der Waals surface area contributed by atoms with Crippen molar-refractivity contribution in [1.82, 2.24) is 15.3 Å². The Hall–Kier alpha value is -2.76. The Bertz CT molecular complexity index is 733. The van der Waals surface area contributed by atoms with Crippen LogP contribution in [0.1, 0.15) is 47.4 Å². The molecule has 1 aliphatic rings. The molecular weight excluding hydrogens is 306 g/mol. The fourth-order valence-corrected chi connectivity index (χ4v) is 2.87. The number of ether oxygens (including phenoxy) is 1. The Morgan fingerprint density at radius 3 is 2.92 bits per heavy atom. The lowest BCUT2D eigenvalue weighted by molar-refractivity contribution is -0.130. The van der Waals surface area contributed by atoms with Crippen molar-refractivity contribution in [2.45, 2.75) is 38.3 Å². The van der Waals surface area contributed by atoms with Gasteiger partial charge in [-0.1, -0.05) is 24.3 Å². The van der Waals surface area contributed by atoms with Crippen LogP contribution in [-0.4, -0.2) is 27.9 Å². The Morgan fingerprint density at radius 1 is 1.29 bits per heavy atom. The maximum Gasteiger partial charge on any atom is 0.359 e. The summed E-state index contributed by atoms with van der Waals surface area (Å²) in [6, 6.07) is 8.07. The summed E-state index contributed by atoms with van der Waals surface area (Å²) in [5.74, 6) is -0.969. The monoisotopic (exact) mass is 325 g/mol. The Balaban J connectivity index is 1.62. The van der Waals surface area contributed by atoms with Crippen LogP contribution in [0.2, 0.25) is 0 Å². The minimum Gasteiger partial charge on any atom is -0.448 e. The average molecular weight is 325 g/mol. The van der Waals surface area contributed by atoms with Gasteiger partial charge in [-0.25, -0.2) is 9.78 Å². The van der Waals surface area contributed by atoms with E-state index in [9.17, 15) is 9.59 Å². The van der Waals surface area contributed by atoms with Gasteiger partial charge < -0.3 is 10.1 Å². The molecule has 2 aromatic rings. The van der Waals surface area contributed by atoms with Gasteiger partial charge in [0.15, 0.2) is 11.8 Å². The van der Waals surface area contributed by atoms with Crippen LogP contribution < -0.4 is 5.32 Å². The van der Waals surface area contributed by atoms with Crippen molar-refractivity contribution in [2.24, 2.45) is 0 Å². The topological polar surface area (TPSA) is 81.2 Å². The molecule has 0 saturated heterocycles. The number of carbonyl (C=O) groups excluding carboxylic acids is 2. The molecule has 1 heterocycles. The predicted molar refractivity (Wildman–Crippen MR) is 87.2 cm³/mol. The van der Waals surface area contributed by atoms with Gasteiger partial charge in [0.1, 0.15) is 0 Å². The molecule has 0 spiro atoms. The second-order valence-corrected chi connectivity index (χ2v) is 5.79. The van der Waals surface area contributed by atoms with Gasteiger partial charge in [0.05, 0.1) is 12.2 Å². The zero-order valence-corrected chi connectivity index (χ0v) is 13.4. The van der Waals surface area contributed by atoms with Gasteiger partial charge in [-0.2, -0.15) is 0 Å². The van der Waals surface area contributed by atoms with Crippen molar-refractivity contribution in [1.29, 1.82) is 0 Å². The second-order valence-electron chi connectivity index (χ2n) is 5.79. The van der Waals surface area contributed by atoms with Gasteiger partial charge >= 0.3 is 5.97 Å². The van der Waals surface area contributed by atoms with Gasteiger partial charge in [-0.15, -0.1) is 0 Å². The van der Waals surface area contributed by atoms with Crippen LogP contribution in [0.5, 0.6) is 0 Å². The molecule has 1 amide bonds. The number of aryl methyl sites for hydroxylation is 1. The van der Waals surface area contributed by atoms with Crippen LogP contribution in [0.15, 0.2) is 42.9 Å². The molecule has 1 aromatic heterocycles. The summed E-state index contributed by atoms with van der Waals surface area (Å²) < 4.78 is 5.17. The van der Waals surface area contributed by atoms with Gasteiger partial charge in [0.25, 0.3) is 5.91 Å². The van der Waals surface area contributed by atoms with E-state index in [1.54, 1.807) is 6.92 Å². The summed E-state index contributed by atoms with van der Waals surface area (Å²) in [6.07, 6.45) is 6.22. The maximum atomic E-state index is 12.4. The fraction of sp³-hybridized carbons (Fsp3) is 0.333. The van der Waals surface area contributed by atoms with E-state index in [0.717, 1.165) is 24.8 Å². The van der Waals surface area contributed by atoms with Crippen molar-refractivity contribution in [3.05, 3.63) is 59.7 Å². The van der Waals surface area contributed by atoms with Gasteiger partial charge in [-0.05, 0) is 37.3 Å². The molecule has 1 aliphatic carbocycles. The first-order valence-electron chi connectivity index (χ1n) is 8.00. The van der Waals surface area contributed by atoms with Crippen LogP contribution in [0.3, 0.4) is 0 Å². The molecule has 124 valence electrons. The first-order chi connectivity index (χ1) is 11.6. The van der Waals surface area contributed by atoms with E-state index < -0.39 is 12.1 Å². The smallest absolute Gasteiger partial charge is 0.359 e. The number of benzene rings is 1. The quantitative estimate of drug-likeness (QED) is 0.872. The van der Waals surface area contributed by atoms with Crippen molar-refractivity contribution in [3.63, 3.8) is 0 Å². The van der Waals surface area contributed by atoms with Crippen LogP contribution in [-0.2, 0) is 16.0 Å². The van der Waals surface area contributed by atoms with Gasteiger partial charge in [0, 0.05) is 12.4 Å². The fourth-order valence-electron chi connectivity index (χ4n) is 2.87. The highest BCUT2D eigenvalue weighted by molar-refractivity contribution is 5.90. The van der Waals surface area contributed by atoms with Crippen molar-refractivity contribution >= 4 is 11.9 Å². The average Bonchev–Trinajstić information content (AvgIpc) is 2.62.